The molecule has 3 aliphatic carbocycles. The minimum atomic E-state index is 0.785. The summed E-state index contributed by atoms with van der Waals surface area (Å²) in [6, 6.07) is 0. The average Bonchev–Trinajstić information content (AvgIpc) is 2.62. The second-order valence-corrected chi connectivity index (χ2v) is 7.43. The summed E-state index contributed by atoms with van der Waals surface area (Å²) < 4.78 is 0. The van der Waals surface area contributed by atoms with Gasteiger partial charge < -0.3 is 0 Å². The molecule has 0 spiro atoms. The van der Waals surface area contributed by atoms with E-state index in [9.17, 15) is 0 Å². The fourth-order valence-corrected chi connectivity index (χ4v) is 6.03. The minimum absolute atomic E-state index is 0.785. The normalized spacial score (nSPS) is 51.9. The molecule has 0 N–H and O–H groups in total. The van der Waals surface area contributed by atoms with Crippen molar-refractivity contribution in [2.24, 2.45) is 41.4 Å². The maximum absolute atomic E-state index is 4.51. The zero-order chi connectivity index (χ0) is 12.9. The van der Waals surface area contributed by atoms with Crippen LogP contribution < -0.4 is 0 Å². The Labute approximate surface area is 113 Å². The van der Waals surface area contributed by atoms with Crippen LogP contribution in [0.25, 0.3) is 0 Å². The summed E-state index contributed by atoms with van der Waals surface area (Å²) in [4.78, 5) is 0. The number of hydrogen-bond acceptors (Lipinski definition) is 0. The molecule has 4 unspecified atom stereocenters. The summed E-state index contributed by atoms with van der Waals surface area (Å²) in [7, 11) is 0. The number of allylic oxidation sites excluding steroid dienone is 1. The van der Waals surface area contributed by atoms with E-state index in [4.69, 9.17) is 0 Å². The van der Waals surface area contributed by atoms with Gasteiger partial charge in [0.2, 0.25) is 0 Å². The summed E-state index contributed by atoms with van der Waals surface area (Å²) in [6.07, 6.45) is 8.91. The van der Waals surface area contributed by atoms with Crippen molar-refractivity contribution in [2.75, 3.05) is 0 Å². The van der Waals surface area contributed by atoms with Gasteiger partial charge in [-0.2, -0.15) is 0 Å². The van der Waals surface area contributed by atoms with E-state index < -0.39 is 0 Å². The predicted octanol–water partition coefficient (Wildman–Crippen LogP) is 5.30. The van der Waals surface area contributed by atoms with Crippen molar-refractivity contribution in [1.82, 2.24) is 0 Å². The van der Waals surface area contributed by atoms with Crippen molar-refractivity contribution in [3.63, 3.8) is 0 Å². The van der Waals surface area contributed by atoms with Crippen LogP contribution in [0.15, 0.2) is 12.2 Å². The highest BCUT2D eigenvalue weighted by Gasteiger charge is 2.51. The molecule has 3 fully saturated rings. The van der Waals surface area contributed by atoms with Crippen LogP contribution in [0.2, 0.25) is 0 Å². The van der Waals surface area contributed by atoms with Gasteiger partial charge in [-0.3, -0.25) is 0 Å². The first-order chi connectivity index (χ1) is 8.65. The van der Waals surface area contributed by atoms with Crippen LogP contribution in [0.4, 0.5) is 0 Å². The Morgan fingerprint density at radius 2 is 1.83 bits per heavy atom. The van der Waals surface area contributed by atoms with Gasteiger partial charge in [-0.25, -0.2) is 0 Å². The Bertz CT molecular complexity index is 329. The second kappa shape index (κ2) is 4.69. The lowest BCUT2D eigenvalue weighted by molar-refractivity contribution is 0.0298. The van der Waals surface area contributed by atoms with E-state index in [0.717, 1.165) is 41.4 Å². The molecular formula is C18H30. The van der Waals surface area contributed by atoms with Crippen LogP contribution >= 0.6 is 0 Å². The fourth-order valence-electron chi connectivity index (χ4n) is 6.03. The van der Waals surface area contributed by atoms with Crippen molar-refractivity contribution in [1.29, 1.82) is 0 Å². The second-order valence-electron chi connectivity index (χ2n) is 7.43. The van der Waals surface area contributed by atoms with E-state index in [1.807, 2.05) is 0 Å². The predicted molar refractivity (Wildman–Crippen MR) is 78.3 cm³/mol. The Morgan fingerprint density at radius 3 is 2.56 bits per heavy atom. The molecule has 0 heterocycles. The Morgan fingerprint density at radius 1 is 1.11 bits per heavy atom. The molecular weight excluding hydrogens is 216 g/mol. The van der Waals surface area contributed by atoms with Crippen molar-refractivity contribution in [3.8, 4) is 0 Å². The van der Waals surface area contributed by atoms with Crippen LogP contribution in [0.1, 0.15) is 59.3 Å². The third-order valence-electron chi connectivity index (χ3n) is 6.92. The van der Waals surface area contributed by atoms with Crippen molar-refractivity contribution in [3.05, 3.63) is 12.2 Å². The van der Waals surface area contributed by atoms with Gasteiger partial charge in [0.05, 0.1) is 0 Å². The minimum Gasteiger partial charge on any atom is -0.0993 e. The first-order valence-corrected chi connectivity index (χ1v) is 8.33. The maximum Gasteiger partial charge on any atom is -0.0143 e. The van der Waals surface area contributed by atoms with E-state index in [2.05, 4.69) is 27.4 Å². The molecule has 0 nitrogen and oxygen atoms in total. The lowest BCUT2D eigenvalue weighted by Gasteiger charge is -2.47. The van der Waals surface area contributed by atoms with E-state index >= 15 is 0 Å². The van der Waals surface area contributed by atoms with Crippen molar-refractivity contribution >= 4 is 0 Å². The van der Waals surface area contributed by atoms with Crippen molar-refractivity contribution < 1.29 is 0 Å². The molecule has 18 heavy (non-hydrogen) atoms. The summed E-state index contributed by atoms with van der Waals surface area (Å²) in [5, 5.41) is 0. The van der Waals surface area contributed by atoms with Crippen LogP contribution in [-0.4, -0.2) is 0 Å². The standard InChI is InChI=1S/C18H30/c1-5-15-11(2)12(3)18-13(4)16-9-7-6-8-14(16)10-17(15)18/h11,13-18H,3,5-10H2,1-2,4H3/t11?,13-,14-,15?,16+,17?,18?/m1/s1. The highest BCUT2D eigenvalue weighted by Crippen LogP contribution is 2.59. The molecule has 0 aliphatic heterocycles. The molecule has 0 aromatic carbocycles. The van der Waals surface area contributed by atoms with Crippen LogP contribution in [-0.2, 0) is 0 Å². The van der Waals surface area contributed by atoms with Crippen molar-refractivity contribution in [2.45, 2.75) is 59.3 Å². The molecule has 3 aliphatic rings. The molecule has 0 bridgehead atoms. The molecule has 0 heteroatoms. The van der Waals surface area contributed by atoms with E-state index in [-0.39, 0.29) is 0 Å². The molecule has 3 rings (SSSR count). The fraction of sp³-hybridized carbons (Fsp3) is 0.889. The number of fused-ring (bicyclic) bond motifs is 2. The molecule has 3 saturated carbocycles. The first kappa shape index (κ1) is 12.8. The highest BCUT2D eigenvalue weighted by atomic mass is 14.6. The van der Waals surface area contributed by atoms with Gasteiger partial charge >= 0.3 is 0 Å². The third-order valence-corrected chi connectivity index (χ3v) is 6.92. The zero-order valence-corrected chi connectivity index (χ0v) is 12.5. The number of hydrogen-bond donors (Lipinski definition) is 0. The van der Waals surface area contributed by atoms with Gasteiger partial charge in [0.1, 0.15) is 0 Å². The quantitative estimate of drug-likeness (QED) is 0.551. The van der Waals surface area contributed by atoms with Crippen LogP contribution in [0.5, 0.6) is 0 Å². The monoisotopic (exact) mass is 246 g/mol. The van der Waals surface area contributed by atoms with Gasteiger partial charge in [0.25, 0.3) is 0 Å². The lowest BCUT2D eigenvalue weighted by Crippen LogP contribution is -2.40. The van der Waals surface area contributed by atoms with Gasteiger partial charge in [-0.05, 0) is 54.3 Å². The topological polar surface area (TPSA) is 0 Å². The summed E-state index contributed by atoms with van der Waals surface area (Å²) in [5.74, 6) is 6.57. The zero-order valence-electron chi connectivity index (χ0n) is 12.5. The summed E-state index contributed by atoms with van der Waals surface area (Å²) in [6.45, 7) is 11.9. The van der Waals surface area contributed by atoms with E-state index in [1.165, 1.54) is 38.5 Å². The van der Waals surface area contributed by atoms with Gasteiger partial charge in [0.15, 0.2) is 0 Å². The molecule has 0 saturated heterocycles. The Kier molecular flexibility index (Phi) is 3.32. The molecule has 0 aromatic heterocycles. The lowest BCUT2D eigenvalue weighted by atomic mass is 9.58. The SMILES string of the molecule is C=C1C(C)C(CC)C2C[C@H]3CCCC[C@H]3[C@@H](C)C12. The van der Waals surface area contributed by atoms with Gasteiger partial charge in [-0.15, -0.1) is 0 Å². The summed E-state index contributed by atoms with van der Waals surface area (Å²) >= 11 is 0. The van der Waals surface area contributed by atoms with E-state index in [0.29, 0.717) is 0 Å². The molecule has 7 atom stereocenters. The summed E-state index contributed by atoms with van der Waals surface area (Å²) in [5.41, 5.74) is 1.61. The molecule has 0 radical (unpaired) electrons. The first-order valence-electron chi connectivity index (χ1n) is 8.33. The highest BCUT2D eigenvalue weighted by molar-refractivity contribution is 5.19. The smallest absolute Gasteiger partial charge is 0.0143 e. The van der Waals surface area contributed by atoms with Gasteiger partial charge in [-0.1, -0.05) is 58.6 Å². The maximum atomic E-state index is 4.51. The van der Waals surface area contributed by atoms with Crippen LogP contribution in [0, 0.1) is 41.4 Å². The third kappa shape index (κ3) is 1.71. The number of rotatable bonds is 1. The molecule has 0 amide bonds. The Hall–Kier alpha value is -0.260. The van der Waals surface area contributed by atoms with Gasteiger partial charge in [0, 0.05) is 0 Å². The van der Waals surface area contributed by atoms with Crippen LogP contribution in [0.3, 0.4) is 0 Å². The molecule has 102 valence electrons. The van der Waals surface area contributed by atoms with E-state index in [1.54, 1.807) is 5.57 Å². The largest absolute Gasteiger partial charge is 0.0993 e. The average molecular weight is 246 g/mol. The molecule has 0 aromatic rings. The Balaban J connectivity index is 1.88.